The normalized spacial score (nSPS) is 15.2. The Hall–Kier alpha value is -13.9. The van der Waals surface area contributed by atoms with E-state index in [0.717, 1.165) is 104 Å². The topological polar surface area (TPSA) is 410 Å². The molecule has 21 rings (SSSR count). The van der Waals surface area contributed by atoms with Crippen molar-refractivity contribution in [2.24, 2.45) is 0 Å². The number of nitrogens with zero attached hydrogens (tertiary/aromatic N) is 18. The van der Waals surface area contributed by atoms with Gasteiger partial charge >= 0.3 is 7.12 Å². The van der Waals surface area contributed by atoms with Crippen molar-refractivity contribution in [2.75, 3.05) is 26.6 Å². The summed E-state index contributed by atoms with van der Waals surface area (Å²) in [6.07, 6.45) is 19.3. The molecule has 0 atom stereocenters. The molecule has 0 unspecified atom stereocenters. The van der Waals surface area contributed by atoms with Crippen LogP contribution in [0.25, 0.3) is 56.9 Å². The van der Waals surface area contributed by atoms with E-state index in [0.29, 0.717) is 111 Å². The second-order valence-corrected chi connectivity index (χ2v) is 34.3. The molecule has 0 amide bonds. The molecule has 9 N–H and O–H groups in total. The monoisotopic (exact) mass is 1830 g/mol. The third kappa shape index (κ3) is 20.9. The molecule has 0 radical (unpaired) electrons. The number of anilines is 10. The Kier molecular flexibility index (Phi) is 24.9. The zero-order valence-electron chi connectivity index (χ0n) is 70.5. The summed E-state index contributed by atoms with van der Waals surface area (Å²) in [5, 5.41) is 63.6. The van der Waals surface area contributed by atoms with Crippen molar-refractivity contribution in [1.29, 1.82) is 0 Å². The van der Waals surface area contributed by atoms with Crippen LogP contribution in [0.15, 0.2) is 222 Å². The molecule has 0 spiro atoms. The lowest BCUT2D eigenvalue weighted by molar-refractivity contribution is 0.00578. The molecule has 6 fully saturated rings. The maximum absolute atomic E-state index is 12.1. The number of rotatable bonds is 21. The van der Waals surface area contributed by atoms with Gasteiger partial charge in [0.05, 0.1) is 49.6 Å². The predicted octanol–water partition coefficient (Wildman–Crippen LogP) is 19.1. The first-order valence-corrected chi connectivity index (χ1v) is 43.5. The third-order valence-corrected chi connectivity index (χ3v) is 23.2. The second-order valence-electron chi connectivity index (χ2n) is 32.6. The summed E-state index contributed by atoms with van der Waals surface area (Å²) in [6.45, 7) is 12.6. The number of carbonyl (C=O) groups is 3. The van der Waals surface area contributed by atoms with E-state index in [1.807, 2.05) is 204 Å². The van der Waals surface area contributed by atoms with Gasteiger partial charge in [0, 0.05) is 144 Å². The second kappa shape index (κ2) is 37.1. The van der Waals surface area contributed by atoms with Crippen LogP contribution in [0.4, 0.5) is 58.2 Å². The molecule has 0 bridgehead atoms. The fraction of sp³-hybridized carbons (Fsp3) is 0.261. The minimum Gasteiger partial charge on any atom is -0.503 e. The number of aromatic amines is 2. The summed E-state index contributed by atoms with van der Waals surface area (Å²) < 4.78 is 18.4. The van der Waals surface area contributed by atoms with Gasteiger partial charge in [0.15, 0.2) is 81.3 Å². The molecule has 32 nitrogen and oxygen atoms in total. The van der Waals surface area contributed by atoms with Crippen LogP contribution in [0.2, 0.25) is 0 Å². The van der Waals surface area contributed by atoms with Crippen molar-refractivity contribution < 1.29 is 33.9 Å². The number of aromatic hydroxyl groups is 2. The Morgan fingerprint density at radius 2 is 0.638 bits per heavy atom. The van der Waals surface area contributed by atoms with E-state index < -0.39 is 18.3 Å². The maximum Gasteiger partial charge on any atom is 0.500 e. The van der Waals surface area contributed by atoms with E-state index in [1.54, 1.807) is 18.6 Å². The molecule has 127 heavy (non-hydrogen) atoms. The zero-order valence-corrected chi connectivity index (χ0v) is 73.7. The van der Waals surface area contributed by atoms with E-state index >= 15 is 0 Å². The molecule has 5 aromatic carbocycles. The van der Waals surface area contributed by atoms with E-state index in [2.05, 4.69) is 145 Å². The summed E-state index contributed by atoms with van der Waals surface area (Å²) in [4.78, 5) is 80.1. The first kappa shape index (κ1) is 85.3. The molecule has 10 aromatic heterocycles. The van der Waals surface area contributed by atoms with Crippen molar-refractivity contribution in [3.05, 3.63) is 250 Å². The van der Waals surface area contributed by atoms with E-state index in [-0.39, 0.29) is 35.0 Å². The van der Waals surface area contributed by atoms with Crippen LogP contribution in [0.3, 0.4) is 0 Å². The zero-order chi connectivity index (χ0) is 88.0. The van der Waals surface area contributed by atoms with Crippen LogP contribution in [-0.4, -0.2) is 146 Å². The summed E-state index contributed by atoms with van der Waals surface area (Å²) in [5.41, 5.74) is 9.34. The van der Waals surface area contributed by atoms with Crippen molar-refractivity contribution in [3.8, 4) is 68.4 Å². The Morgan fingerprint density at radius 1 is 0.370 bits per heavy atom. The van der Waals surface area contributed by atoms with Crippen LogP contribution in [-0.2, 0) is 9.31 Å². The van der Waals surface area contributed by atoms with Crippen LogP contribution < -0.4 is 32.0 Å². The molecule has 35 heteroatoms. The van der Waals surface area contributed by atoms with Crippen molar-refractivity contribution in [2.45, 2.75) is 153 Å². The SMILES string of the molecule is Brc1cnc(-c2ccccc2)nc1Nc1cc(C2CC2)[nH]n1.CC(=O)n1nc(Nc2nc(-c3ccccc3)ncc2B2OC(C)(C)C(C)(C)O2)cc1C1CC1.CC(=O)n1nc(Nc2nc(-c3ccccc3)ncc2Br)cc1C1CC1.CC(=O)n1nc(Nc2nc(-c3ccccc3)ncc2O)cc1C1CC1.Oc1cnc(-c2ccccc2)nc1Nc1cc(C2CC2)[nH]n1. The van der Waals surface area contributed by atoms with Crippen LogP contribution in [0.1, 0.15) is 185 Å². The summed E-state index contributed by atoms with van der Waals surface area (Å²) in [5.74, 6) is 10.5. The number of carbonyl (C=O) groups excluding carboxylic acids is 3. The van der Waals surface area contributed by atoms with Gasteiger partial charge in [0.1, 0.15) is 17.5 Å². The van der Waals surface area contributed by atoms with Gasteiger partial charge in [-0.25, -0.2) is 63.9 Å². The lowest BCUT2D eigenvalue weighted by atomic mass is 9.80. The molecule has 5 saturated carbocycles. The number of nitrogens with one attached hydrogen (secondary N) is 7. The first-order valence-electron chi connectivity index (χ1n) is 41.9. The van der Waals surface area contributed by atoms with Gasteiger partial charge < -0.3 is 46.1 Å². The Labute approximate surface area is 748 Å². The number of hydrogen-bond donors (Lipinski definition) is 9. The van der Waals surface area contributed by atoms with Crippen LogP contribution in [0.5, 0.6) is 11.5 Å². The molecule has 15 aromatic rings. The fourth-order valence-corrected chi connectivity index (χ4v) is 14.4. The number of aromatic nitrogens is 20. The van der Waals surface area contributed by atoms with Gasteiger partial charge in [-0.05, 0) is 124 Å². The maximum atomic E-state index is 12.1. The fourth-order valence-electron chi connectivity index (χ4n) is 13.9. The highest BCUT2D eigenvalue weighted by atomic mass is 79.9. The first-order chi connectivity index (χ1) is 61.5. The minimum absolute atomic E-state index is 0.00402. The van der Waals surface area contributed by atoms with E-state index in [9.17, 15) is 24.6 Å². The van der Waals surface area contributed by atoms with Gasteiger partial charge in [-0.3, -0.25) is 24.6 Å². The van der Waals surface area contributed by atoms with Gasteiger partial charge in [-0.15, -0.1) is 15.3 Å². The predicted molar refractivity (Wildman–Crippen MR) is 491 cm³/mol. The molecular weight excluding hydrogens is 1740 g/mol. The number of benzene rings is 5. The minimum atomic E-state index is -0.639. The molecule has 1 aliphatic heterocycles. The quantitative estimate of drug-likeness (QED) is 0.0302. The third-order valence-electron chi connectivity index (χ3n) is 22.1. The Balaban J connectivity index is 0.000000113. The van der Waals surface area contributed by atoms with Crippen molar-refractivity contribution in [3.63, 3.8) is 0 Å². The Morgan fingerprint density at radius 3 is 0.953 bits per heavy atom. The number of H-pyrrole nitrogens is 2. The lowest BCUT2D eigenvalue weighted by Crippen LogP contribution is -2.41. The Bertz CT molecular complexity index is 6150. The van der Waals surface area contributed by atoms with Crippen LogP contribution in [0, 0.1) is 0 Å². The van der Waals surface area contributed by atoms with E-state index in [1.165, 1.54) is 78.6 Å². The standard InChI is InChI=1S/C24H28BN5O3.C18H16BrN5O.C18H17N5O2.C16H14BrN5.C16H15N5O/c1-15(31)30-19(16-11-12-16)13-20(29-30)27-22-18(25-32-23(2,3)24(4,5)33-25)14-26-21(28-22)17-9-7-6-8-10-17;1-11(25)24-15(12-7-8-12)9-16(23-24)21-18-14(19)10-20-17(22-18)13-5-3-2-4-6-13;1-11(24)23-14(12-7-8-12)9-16(22-23)20-18-15(25)10-19-17(21-18)13-5-3-2-4-6-13;17-12-9-18-15(11-4-2-1-3-5-11)20-16(12)19-14-8-13(21-22-14)10-6-7-10;22-13-9-17-15(11-4-2-1-3-5-11)19-16(13)18-14-8-12(20-21-14)10-6-7-10/h6-10,13-14,16H,11-12H2,1-5H3,(H,26,27,28,29);2-6,9-10,12H,7-8H2,1H3,(H,20,21,22,23);2-6,9-10,12,25H,7-8H2,1H3,(H,19,20,21,22);1-5,8-10H,6-7H2,(H2,18,19,20,21,22);1-5,8-10,22H,6-7H2,(H2,17,18,19,20,21). The molecule has 642 valence electrons. The van der Waals surface area contributed by atoms with Crippen molar-refractivity contribution >= 4 is 120 Å². The average Bonchev–Trinajstić information content (AvgIpc) is 1.63. The van der Waals surface area contributed by atoms with E-state index in [4.69, 9.17) is 14.3 Å². The van der Waals surface area contributed by atoms with Gasteiger partial charge in [0.25, 0.3) is 0 Å². The van der Waals surface area contributed by atoms with Gasteiger partial charge in [-0.1, -0.05) is 152 Å². The molecule has 11 heterocycles. The lowest BCUT2D eigenvalue weighted by Gasteiger charge is -2.32. The largest absolute Gasteiger partial charge is 0.503 e. The molecular formula is C92H90BBr2N25O7. The van der Waals surface area contributed by atoms with Gasteiger partial charge in [-0.2, -0.15) is 10.2 Å². The summed E-state index contributed by atoms with van der Waals surface area (Å²) >= 11 is 6.95. The molecule has 1 saturated heterocycles. The van der Waals surface area contributed by atoms with Gasteiger partial charge in [0.2, 0.25) is 17.7 Å². The smallest absolute Gasteiger partial charge is 0.500 e. The van der Waals surface area contributed by atoms with Crippen molar-refractivity contribution in [1.82, 2.24) is 99.6 Å². The molecule has 6 aliphatic rings. The molecule has 5 aliphatic carbocycles. The summed E-state index contributed by atoms with van der Waals surface area (Å²) in [7, 11) is -0.639. The number of hydrogen-bond acceptors (Lipinski definition) is 27. The van der Waals surface area contributed by atoms with Crippen LogP contribution >= 0.6 is 31.9 Å². The summed E-state index contributed by atoms with van der Waals surface area (Å²) in [6, 6.07) is 58.3. The highest BCUT2D eigenvalue weighted by Crippen LogP contribution is 2.46. The average molecular weight is 1830 g/mol. The highest BCUT2D eigenvalue weighted by molar-refractivity contribution is 9.11. The number of halogens is 2. The highest BCUT2D eigenvalue weighted by Gasteiger charge is 2.53.